The molecule has 4 aromatic rings. The van der Waals surface area contributed by atoms with E-state index in [4.69, 9.17) is 0 Å². The number of rotatable bonds is 4. The van der Waals surface area contributed by atoms with Crippen LogP contribution in [0.25, 0.3) is 21.8 Å². The van der Waals surface area contributed by atoms with Gasteiger partial charge in [0.25, 0.3) is 0 Å². The molecule has 2 nitrogen and oxygen atoms in total. The average Bonchev–Trinajstić information content (AvgIpc) is 2.95. The highest BCUT2D eigenvalue weighted by Crippen LogP contribution is 2.34. The van der Waals surface area contributed by atoms with Crippen LogP contribution in [0.4, 0.5) is 11.4 Å². The standard InChI is InChI=1S/C23H22N2/c1-17(2)16-25-22-12-8-7-11-20(22)21-15-19(13-14-23(21)25)24(3)18-9-5-4-6-10-18/h4-15H,1,16H2,2-3H3. The van der Waals surface area contributed by atoms with Gasteiger partial charge in [0.05, 0.1) is 0 Å². The van der Waals surface area contributed by atoms with E-state index in [1.54, 1.807) is 0 Å². The van der Waals surface area contributed by atoms with Crippen LogP contribution in [0.2, 0.25) is 0 Å². The summed E-state index contributed by atoms with van der Waals surface area (Å²) >= 11 is 0. The summed E-state index contributed by atoms with van der Waals surface area (Å²) in [6.45, 7) is 7.03. The number of nitrogens with zero attached hydrogens (tertiary/aromatic N) is 2. The summed E-state index contributed by atoms with van der Waals surface area (Å²) in [6.07, 6.45) is 0. The molecule has 3 aromatic carbocycles. The minimum atomic E-state index is 0.845. The van der Waals surface area contributed by atoms with Crippen LogP contribution in [-0.4, -0.2) is 11.6 Å². The van der Waals surface area contributed by atoms with E-state index in [-0.39, 0.29) is 0 Å². The molecule has 0 unspecified atom stereocenters. The lowest BCUT2D eigenvalue weighted by atomic mass is 10.1. The van der Waals surface area contributed by atoms with E-state index in [1.165, 1.54) is 33.2 Å². The first-order chi connectivity index (χ1) is 12.1. The van der Waals surface area contributed by atoms with Gasteiger partial charge in [-0.1, -0.05) is 48.6 Å². The molecule has 0 N–H and O–H groups in total. The molecule has 0 saturated heterocycles. The number of allylic oxidation sites excluding steroid dienone is 1. The van der Waals surface area contributed by atoms with E-state index >= 15 is 0 Å². The molecular formula is C23H22N2. The molecule has 4 rings (SSSR count). The van der Waals surface area contributed by atoms with Crippen LogP contribution in [0.5, 0.6) is 0 Å². The monoisotopic (exact) mass is 326 g/mol. The third-order valence-electron chi connectivity index (χ3n) is 4.71. The molecule has 0 amide bonds. The Hall–Kier alpha value is -3.00. The molecule has 25 heavy (non-hydrogen) atoms. The van der Waals surface area contributed by atoms with Crippen molar-refractivity contribution in [3.05, 3.63) is 84.9 Å². The van der Waals surface area contributed by atoms with Gasteiger partial charge in [0.2, 0.25) is 0 Å². The van der Waals surface area contributed by atoms with Crippen LogP contribution in [-0.2, 0) is 6.54 Å². The molecule has 0 spiro atoms. The number of hydrogen-bond donors (Lipinski definition) is 0. The maximum atomic E-state index is 4.10. The molecule has 0 atom stereocenters. The van der Waals surface area contributed by atoms with Crippen molar-refractivity contribution in [2.75, 3.05) is 11.9 Å². The van der Waals surface area contributed by atoms with Crippen molar-refractivity contribution in [2.24, 2.45) is 0 Å². The molecular weight excluding hydrogens is 304 g/mol. The smallest absolute Gasteiger partial charge is 0.0495 e. The lowest BCUT2D eigenvalue weighted by Gasteiger charge is -2.19. The summed E-state index contributed by atoms with van der Waals surface area (Å²) in [5.74, 6) is 0. The van der Waals surface area contributed by atoms with Gasteiger partial charge in [0.15, 0.2) is 0 Å². The zero-order valence-electron chi connectivity index (χ0n) is 14.7. The topological polar surface area (TPSA) is 8.17 Å². The fraction of sp³-hybridized carbons (Fsp3) is 0.130. The highest BCUT2D eigenvalue weighted by Gasteiger charge is 2.12. The zero-order valence-corrected chi connectivity index (χ0v) is 14.7. The van der Waals surface area contributed by atoms with E-state index in [1.807, 2.05) is 6.07 Å². The number of aromatic nitrogens is 1. The third-order valence-corrected chi connectivity index (χ3v) is 4.71. The Morgan fingerprint density at radius 1 is 0.840 bits per heavy atom. The lowest BCUT2D eigenvalue weighted by Crippen LogP contribution is -2.08. The number of anilines is 2. The van der Waals surface area contributed by atoms with Gasteiger partial charge >= 0.3 is 0 Å². The molecule has 2 heteroatoms. The highest BCUT2D eigenvalue weighted by atomic mass is 15.1. The zero-order chi connectivity index (χ0) is 17.4. The molecule has 0 saturated carbocycles. The first kappa shape index (κ1) is 15.5. The van der Waals surface area contributed by atoms with Gasteiger partial charge < -0.3 is 9.47 Å². The van der Waals surface area contributed by atoms with Gasteiger partial charge in [-0.3, -0.25) is 0 Å². The van der Waals surface area contributed by atoms with Crippen LogP contribution in [0.15, 0.2) is 84.9 Å². The average molecular weight is 326 g/mol. The van der Waals surface area contributed by atoms with Gasteiger partial charge in [-0.05, 0) is 43.3 Å². The van der Waals surface area contributed by atoms with Crippen molar-refractivity contribution in [3.63, 3.8) is 0 Å². The van der Waals surface area contributed by atoms with Crippen molar-refractivity contribution in [3.8, 4) is 0 Å². The van der Waals surface area contributed by atoms with Gasteiger partial charge in [-0.25, -0.2) is 0 Å². The maximum absolute atomic E-state index is 4.10. The van der Waals surface area contributed by atoms with E-state index in [2.05, 4.69) is 96.7 Å². The molecule has 0 aliphatic heterocycles. The van der Waals surface area contributed by atoms with Crippen LogP contribution in [0, 0.1) is 0 Å². The van der Waals surface area contributed by atoms with E-state index in [9.17, 15) is 0 Å². The second-order valence-corrected chi connectivity index (χ2v) is 6.66. The Bertz CT molecular complexity index is 1060. The molecule has 1 aromatic heterocycles. The van der Waals surface area contributed by atoms with Crippen LogP contribution in [0.1, 0.15) is 6.92 Å². The van der Waals surface area contributed by atoms with Gasteiger partial charge in [0, 0.05) is 46.8 Å². The largest absolute Gasteiger partial charge is 0.345 e. The molecule has 0 radical (unpaired) electrons. The van der Waals surface area contributed by atoms with E-state index in [0.717, 1.165) is 12.1 Å². The maximum Gasteiger partial charge on any atom is 0.0495 e. The fourth-order valence-electron chi connectivity index (χ4n) is 3.49. The summed E-state index contributed by atoms with van der Waals surface area (Å²) in [7, 11) is 2.11. The summed E-state index contributed by atoms with van der Waals surface area (Å²) in [6, 6.07) is 25.8. The second kappa shape index (κ2) is 6.14. The van der Waals surface area contributed by atoms with Crippen LogP contribution in [0.3, 0.4) is 0 Å². The summed E-state index contributed by atoms with van der Waals surface area (Å²) in [4.78, 5) is 2.23. The predicted molar refractivity (Wildman–Crippen MR) is 109 cm³/mol. The summed E-state index contributed by atoms with van der Waals surface area (Å²) in [5.41, 5.74) is 6.06. The molecule has 1 heterocycles. The third kappa shape index (κ3) is 2.70. The minimum Gasteiger partial charge on any atom is -0.345 e. The SMILES string of the molecule is C=C(C)Cn1c2ccccc2c2cc(N(C)c3ccccc3)ccc21. The Morgan fingerprint density at radius 2 is 1.52 bits per heavy atom. The van der Waals surface area contributed by atoms with Crippen molar-refractivity contribution in [1.29, 1.82) is 0 Å². The number of benzene rings is 3. The molecule has 0 aliphatic rings. The van der Waals surface area contributed by atoms with Crippen LogP contribution < -0.4 is 4.90 Å². The number of para-hydroxylation sites is 2. The molecule has 0 bridgehead atoms. The minimum absolute atomic E-state index is 0.845. The summed E-state index contributed by atoms with van der Waals surface area (Å²) < 4.78 is 2.36. The Labute approximate surface area is 148 Å². The fourth-order valence-corrected chi connectivity index (χ4v) is 3.49. The van der Waals surface area contributed by atoms with Gasteiger partial charge in [-0.2, -0.15) is 0 Å². The van der Waals surface area contributed by atoms with Crippen molar-refractivity contribution < 1.29 is 0 Å². The normalized spacial score (nSPS) is 11.1. The number of hydrogen-bond acceptors (Lipinski definition) is 1. The van der Waals surface area contributed by atoms with Crippen LogP contribution >= 0.6 is 0 Å². The second-order valence-electron chi connectivity index (χ2n) is 6.66. The van der Waals surface area contributed by atoms with Crippen molar-refractivity contribution in [2.45, 2.75) is 13.5 Å². The van der Waals surface area contributed by atoms with Gasteiger partial charge in [0.1, 0.15) is 0 Å². The van der Waals surface area contributed by atoms with E-state index < -0.39 is 0 Å². The molecule has 0 fully saturated rings. The molecule has 0 aliphatic carbocycles. The van der Waals surface area contributed by atoms with Crippen molar-refractivity contribution >= 4 is 33.2 Å². The van der Waals surface area contributed by atoms with Crippen molar-refractivity contribution in [1.82, 2.24) is 4.57 Å². The predicted octanol–water partition coefficient (Wildman–Crippen LogP) is 6.14. The Morgan fingerprint density at radius 3 is 2.28 bits per heavy atom. The Balaban J connectivity index is 1.91. The first-order valence-electron chi connectivity index (χ1n) is 8.59. The quantitative estimate of drug-likeness (QED) is 0.409. The van der Waals surface area contributed by atoms with Gasteiger partial charge in [-0.15, -0.1) is 0 Å². The summed E-state index contributed by atoms with van der Waals surface area (Å²) in [5, 5.41) is 2.58. The Kier molecular flexibility index (Phi) is 3.81. The highest BCUT2D eigenvalue weighted by molar-refractivity contribution is 6.09. The van der Waals surface area contributed by atoms with E-state index in [0.29, 0.717) is 0 Å². The lowest BCUT2D eigenvalue weighted by molar-refractivity contribution is 0.853. The first-order valence-corrected chi connectivity index (χ1v) is 8.59. The number of fused-ring (bicyclic) bond motifs is 3. The molecule has 124 valence electrons.